The number of anilines is 1. The SMILES string of the molecule is N=C(c1cccc(F)c1)c1cc(C(=O)NCCOCCO)ccc1N. The lowest BCUT2D eigenvalue weighted by molar-refractivity contribution is 0.0838. The molecule has 25 heavy (non-hydrogen) atoms. The molecule has 0 unspecified atom stereocenters. The molecule has 0 saturated heterocycles. The van der Waals surface area contributed by atoms with Gasteiger partial charge in [-0.3, -0.25) is 10.2 Å². The minimum atomic E-state index is -0.447. The van der Waals surface area contributed by atoms with E-state index in [9.17, 15) is 9.18 Å². The van der Waals surface area contributed by atoms with Gasteiger partial charge in [0.25, 0.3) is 5.91 Å². The highest BCUT2D eigenvalue weighted by Gasteiger charge is 2.13. The Morgan fingerprint density at radius 1 is 1.20 bits per heavy atom. The van der Waals surface area contributed by atoms with Gasteiger partial charge in [-0.15, -0.1) is 0 Å². The number of halogens is 1. The van der Waals surface area contributed by atoms with Crippen molar-refractivity contribution in [2.45, 2.75) is 0 Å². The Morgan fingerprint density at radius 3 is 2.72 bits per heavy atom. The first-order valence-electron chi connectivity index (χ1n) is 7.74. The Labute approximate surface area is 144 Å². The zero-order chi connectivity index (χ0) is 18.2. The van der Waals surface area contributed by atoms with Crippen molar-refractivity contribution in [3.63, 3.8) is 0 Å². The van der Waals surface area contributed by atoms with Crippen LogP contribution in [0.3, 0.4) is 0 Å². The largest absolute Gasteiger partial charge is 0.398 e. The van der Waals surface area contributed by atoms with Crippen molar-refractivity contribution in [3.8, 4) is 0 Å². The maximum Gasteiger partial charge on any atom is 0.251 e. The molecular weight excluding hydrogens is 325 g/mol. The zero-order valence-electron chi connectivity index (χ0n) is 13.6. The lowest BCUT2D eigenvalue weighted by Gasteiger charge is -2.11. The fourth-order valence-electron chi connectivity index (χ4n) is 2.22. The highest BCUT2D eigenvalue weighted by Crippen LogP contribution is 2.19. The van der Waals surface area contributed by atoms with Gasteiger partial charge in [0.1, 0.15) is 5.82 Å². The molecule has 0 bridgehead atoms. The summed E-state index contributed by atoms with van der Waals surface area (Å²) < 4.78 is 18.4. The van der Waals surface area contributed by atoms with Gasteiger partial charge in [-0.1, -0.05) is 12.1 Å². The van der Waals surface area contributed by atoms with Crippen LogP contribution in [0.4, 0.5) is 10.1 Å². The van der Waals surface area contributed by atoms with Crippen molar-refractivity contribution in [3.05, 3.63) is 65.0 Å². The average Bonchev–Trinajstić information content (AvgIpc) is 2.61. The Balaban J connectivity index is 2.11. The second-order valence-corrected chi connectivity index (χ2v) is 5.28. The Morgan fingerprint density at radius 2 is 2.00 bits per heavy atom. The highest BCUT2D eigenvalue weighted by atomic mass is 19.1. The number of carbonyl (C=O) groups is 1. The average molecular weight is 345 g/mol. The predicted octanol–water partition coefficient (Wildman–Crippen LogP) is 1.56. The smallest absolute Gasteiger partial charge is 0.251 e. The molecule has 0 spiro atoms. The Bertz CT molecular complexity index is 765. The quantitative estimate of drug-likeness (QED) is 0.331. The third kappa shape index (κ3) is 5.10. The van der Waals surface area contributed by atoms with Gasteiger partial charge in [-0.25, -0.2) is 4.39 Å². The predicted molar refractivity (Wildman–Crippen MR) is 93.4 cm³/mol. The van der Waals surface area contributed by atoms with E-state index in [0.29, 0.717) is 28.9 Å². The van der Waals surface area contributed by atoms with Crippen LogP contribution < -0.4 is 11.1 Å². The van der Waals surface area contributed by atoms with Crippen molar-refractivity contribution >= 4 is 17.3 Å². The van der Waals surface area contributed by atoms with Crippen molar-refractivity contribution < 1.29 is 19.0 Å². The Kier molecular flexibility index (Phi) is 6.62. The molecule has 0 aromatic heterocycles. The van der Waals surface area contributed by atoms with Gasteiger partial charge in [0.05, 0.1) is 25.5 Å². The third-order valence-electron chi connectivity index (χ3n) is 3.47. The van der Waals surface area contributed by atoms with E-state index in [2.05, 4.69) is 5.32 Å². The molecule has 2 aromatic rings. The van der Waals surface area contributed by atoms with E-state index in [1.165, 1.54) is 24.3 Å². The van der Waals surface area contributed by atoms with E-state index in [-0.39, 0.29) is 31.4 Å². The van der Waals surface area contributed by atoms with Crippen LogP contribution >= 0.6 is 0 Å². The van der Waals surface area contributed by atoms with E-state index in [0.717, 1.165) is 0 Å². The molecule has 0 heterocycles. The topological polar surface area (TPSA) is 108 Å². The molecule has 6 nitrogen and oxygen atoms in total. The summed E-state index contributed by atoms with van der Waals surface area (Å²) in [4.78, 5) is 12.2. The number of nitrogen functional groups attached to an aromatic ring is 1. The summed E-state index contributed by atoms with van der Waals surface area (Å²) in [7, 11) is 0. The number of hydrogen-bond acceptors (Lipinski definition) is 5. The van der Waals surface area contributed by atoms with Crippen LogP contribution in [-0.4, -0.2) is 43.1 Å². The summed E-state index contributed by atoms with van der Waals surface area (Å²) in [6.07, 6.45) is 0. The number of carbonyl (C=O) groups excluding carboxylic acids is 1. The molecular formula is C18H20FN3O3. The number of rotatable bonds is 8. The standard InChI is InChI=1S/C18H20FN3O3/c19-14-3-1-2-12(10-14)17(21)15-11-13(4-5-16(15)20)18(24)22-6-8-25-9-7-23/h1-5,10-11,21,23H,6-9,20H2,(H,22,24). The van der Waals surface area contributed by atoms with Crippen LogP contribution in [0, 0.1) is 11.2 Å². The van der Waals surface area contributed by atoms with Crippen LogP contribution in [0.5, 0.6) is 0 Å². The van der Waals surface area contributed by atoms with Crippen molar-refractivity contribution in [1.29, 1.82) is 5.41 Å². The number of ether oxygens (including phenoxy) is 1. The second-order valence-electron chi connectivity index (χ2n) is 5.28. The summed E-state index contributed by atoms with van der Waals surface area (Å²) in [6.45, 7) is 0.720. The van der Waals surface area contributed by atoms with Crippen LogP contribution in [0.2, 0.25) is 0 Å². The zero-order valence-corrected chi connectivity index (χ0v) is 13.6. The summed E-state index contributed by atoms with van der Waals surface area (Å²) in [5, 5.41) is 19.5. The maximum absolute atomic E-state index is 13.4. The minimum absolute atomic E-state index is 0.0397. The van der Waals surface area contributed by atoms with Gasteiger partial charge >= 0.3 is 0 Å². The normalized spacial score (nSPS) is 10.5. The van der Waals surface area contributed by atoms with Gasteiger partial charge in [-0.2, -0.15) is 0 Å². The molecule has 2 rings (SSSR count). The van der Waals surface area contributed by atoms with E-state index in [1.54, 1.807) is 18.2 Å². The highest BCUT2D eigenvalue weighted by molar-refractivity contribution is 6.14. The molecule has 0 atom stereocenters. The summed E-state index contributed by atoms with van der Waals surface area (Å²) in [5.74, 6) is -0.779. The second kappa shape index (κ2) is 8.91. The van der Waals surface area contributed by atoms with Crippen LogP contribution in [-0.2, 0) is 4.74 Å². The van der Waals surface area contributed by atoms with Gasteiger partial charge in [-0.05, 0) is 30.3 Å². The first kappa shape index (κ1) is 18.6. The molecule has 0 aliphatic heterocycles. The van der Waals surface area contributed by atoms with Crippen LogP contribution in [0.1, 0.15) is 21.5 Å². The van der Waals surface area contributed by atoms with E-state index < -0.39 is 5.82 Å². The monoisotopic (exact) mass is 345 g/mol. The Hall–Kier alpha value is -2.77. The number of benzene rings is 2. The van der Waals surface area contributed by atoms with E-state index >= 15 is 0 Å². The fraction of sp³-hybridized carbons (Fsp3) is 0.222. The van der Waals surface area contributed by atoms with Crippen LogP contribution in [0.25, 0.3) is 0 Å². The van der Waals surface area contributed by atoms with Crippen molar-refractivity contribution in [1.82, 2.24) is 5.32 Å². The fourth-order valence-corrected chi connectivity index (χ4v) is 2.22. The summed E-state index contributed by atoms with van der Waals surface area (Å²) >= 11 is 0. The van der Waals surface area contributed by atoms with E-state index in [1.807, 2.05) is 0 Å². The number of aliphatic hydroxyl groups excluding tert-OH is 1. The molecule has 132 valence electrons. The first-order chi connectivity index (χ1) is 12.0. The van der Waals surface area contributed by atoms with E-state index in [4.69, 9.17) is 21.0 Å². The molecule has 0 aliphatic rings. The summed E-state index contributed by atoms with van der Waals surface area (Å²) in [5.41, 5.74) is 7.35. The van der Waals surface area contributed by atoms with Gasteiger partial charge in [0.15, 0.2) is 0 Å². The number of amides is 1. The first-order valence-corrected chi connectivity index (χ1v) is 7.74. The third-order valence-corrected chi connectivity index (χ3v) is 3.47. The minimum Gasteiger partial charge on any atom is -0.398 e. The molecule has 1 amide bonds. The number of hydrogen-bond donors (Lipinski definition) is 4. The lowest BCUT2D eigenvalue weighted by Crippen LogP contribution is -2.27. The van der Waals surface area contributed by atoms with Crippen molar-refractivity contribution in [2.24, 2.45) is 0 Å². The van der Waals surface area contributed by atoms with Gasteiger partial charge < -0.3 is 20.9 Å². The lowest BCUT2D eigenvalue weighted by atomic mass is 9.98. The molecule has 0 saturated carbocycles. The molecule has 2 aromatic carbocycles. The molecule has 0 fully saturated rings. The molecule has 7 heteroatoms. The molecule has 0 radical (unpaired) electrons. The van der Waals surface area contributed by atoms with Crippen LogP contribution in [0.15, 0.2) is 42.5 Å². The molecule has 0 aliphatic carbocycles. The van der Waals surface area contributed by atoms with Gasteiger partial charge in [0.2, 0.25) is 0 Å². The number of aliphatic hydroxyl groups is 1. The van der Waals surface area contributed by atoms with Gasteiger partial charge in [0, 0.05) is 28.9 Å². The molecule has 5 N–H and O–H groups in total. The number of nitrogens with two attached hydrogens (primary N) is 1. The summed E-state index contributed by atoms with van der Waals surface area (Å²) in [6, 6.07) is 10.3. The maximum atomic E-state index is 13.4. The number of nitrogens with one attached hydrogen (secondary N) is 2. The van der Waals surface area contributed by atoms with Crippen molar-refractivity contribution in [2.75, 3.05) is 32.1 Å².